The summed E-state index contributed by atoms with van der Waals surface area (Å²) in [6.45, 7) is 6.06. The Bertz CT molecular complexity index is 787. The average Bonchev–Trinajstić information content (AvgIpc) is 3.20. The summed E-state index contributed by atoms with van der Waals surface area (Å²) in [6, 6.07) is 5.94. The maximum Gasteiger partial charge on any atom is 0.179 e. The second-order valence-electron chi connectivity index (χ2n) is 6.54. The molecule has 130 valence electrons. The molecule has 0 unspecified atom stereocenters. The van der Waals surface area contributed by atoms with E-state index in [2.05, 4.69) is 15.0 Å². The summed E-state index contributed by atoms with van der Waals surface area (Å²) in [4.78, 5) is 6.70. The molecule has 0 aliphatic carbocycles. The van der Waals surface area contributed by atoms with Crippen LogP contribution in [0.4, 0.5) is 0 Å². The molecule has 1 aliphatic rings. The molecule has 0 N–H and O–H groups in total. The Morgan fingerprint density at radius 3 is 2.88 bits per heavy atom. The minimum atomic E-state index is -3.26. The summed E-state index contributed by atoms with van der Waals surface area (Å²) in [7, 11) is -3.26. The third-order valence-corrected chi connectivity index (χ3v) is 6.52. The zero-order valence-corrected chi connectivity index (χ0v) is 15.0. The van der Waals surface area contributed by atoms with E-state index >= 15 is 0 Å². The number of aryl methyl sites for hydroxylation is 2. The van der Waals surface area contributed by atoms with E-state index in [1.54, 1.807) is 12.4 Å². The number of rotatable bonds is 6. The van der Waals surface area contributed by atoms with Crippen molar-refractivity contribution < 1.29 is 8.42 Å². The second kappa shape index (κ2) is 7.03. The predicted molar refractivity (Wildman–Crippen MR) is 92.6 cm³/mol. The molecule has 1 saturated heterocycles. The number of sulfone groups is 1. The van der Waals surface area contributed by atoms with Crippen LogP contribution < -0.4 is 0 Å². The van der Waals surface area contributed by atoms with Gasteiger partial charge in [0.1, 0.15) is 12.7 Å². The molecule has 7 heteroatoms. The lowest BCUT2D eigenvalue weighted by molar-refractivity contribution is 0.239. The standard InChI is InChI=1S/C17H24N4O2S/c1-14-5-6-15(2)17(10-14)24(22,23)9-8-20-7-3-4-16(20)11-21-13-18-12-19-21/h5-6,10,12-13,16H,3-4,7-9,11H2,1-2H3/t16-/m1/s1. The SMILES string of the molecule is Cc1ccc(C)c(S(=O)(=O)CCN2CCC[C@@H]2Cn2cncn2)c1. The van der Waals surface area contributed by atoms with E-state index in [1.165, 1.54) is 6.33 Å². The molecule has 0 bridgehead atoms. The first-order valence-corrected chi connectivity index (χ1v) is 9.97. The number of aromatic nitrogens is 3. The summed E-state index contributed by atoms with van der Waals surface area (Å²) in [5.41, 5.74) is 1.80. The van der Waals surface area contributed by atoms with Crippen LogP contribution in [0.3, 0.4) is 0 Å². The lowest BCUT2D eigenvalue weighted by Gasteiger charge is -2.24. The van der Waals surface area contributed by atoms with Crippen LogP contribution in [0.25, 0.3) is 0 Å². The smallest absolute Gasteiger partial charge is 0.179 e. The molecule has 0 amide bonds. The molecule has 2 aromatic rings. The second-order valence-corrected chi connectivity index (χ2v) is 8.61. The largest absolute Gasteiger partial charge is 0.298 e. The number of benzene rings is 1. The van der Waals surface area contributed by atoms with Gasteiger partial charge in [-0.15, -0.1) is 0 Å². The molecule has 1 atom stereocenters. The molecule has 6 nitrogen and oxygen atoms in total. The number of nitrogens with zero attached hydrogens (tertiary/aromatic N) is 4. The first-order chi connectivity index (χ1) is 11.5. The van der Waals surface area contributed by atoms with Crippen LogP contribution in [0.2, 0.25) is 0 Å². The zero-order valence-electron chi connectivity index (χ0n) is 14.2. The summed E-state index contributed by atoms with van der Waals surface area (Å²) in [6.07, 6.45) is 5.42. The van der Waals surface area contributed by atoms with Crippen molar-refractivity contribution in [2.45, 2.75) is 44.2 Å². The predicted octanol–water partition coefficient (Wildman–Crippen LogP) is 1.83. The first kappa shape index (κ1) is 17.1. The van der Waals surface area contributed by atoms with Gasteiger partial charge >= 0.3 is 0 Å². The van der Waals surface area contributed by atoms with Gasteiger partial charge in [-0.25, -0.2) is 13.4 Å². The molecule has 1 aromatic carbocycles. The Labute approximate surface area is 143 Å². The quantitative estimate of drug-likeness (QED) is 0.797. The van der Waals surface area contributed by atoms with Gasteiger partial charge in [0, 0.05) is 12.6 Å². The molecule has 1 aromatic heterocycles. The van der Waals surface area contributed by atoms with E-state index < -0.39 is 9.84 Å². The molecule has 1 aliphatic heterocycles. The highest BCUT2D eigenvalue weighted by Gasteiger charge is 2.27. The molecular weight excluding hydrogens is 324 g/mol. The first-order valence-electron chi connectivity index (χ1n) is 8.32. The molecule has 0 radical (unpaired) electrons. The number of hydrogen-bond donors (Lipinski definition) is 0. The van der Waals surface area contributed by atoms with Crippen molar-refractivity contribution in [3.05, 3.63) is 42.0 Å². The van der Waals surface area contributed by atoms with E-state index in [-0.39, 0.29) is 5.75 Å². The van der Waals surface area contributed by atoms with Gasteiger partial charge in [-0.1, -0.05) is 12.1 Å². The Kier molecular flexibility index (Phi) is 5.01. The molecular formula is C17H24N4O2S. The van der Waals surface area contributed by atoms with E-state index in [1.807, 2.05) is 30.7 Å². The van der Waals surface area contributed by atoms with Crippen LogP contribution in [0.1, 0.15) is 24.0 Å². The fourth-order valence-corrected chi connectivity index (χ4v) is 4.95. The maximum atomic E-state index is 12.7. The molecule has 0 spiro atoms. The van der Waals surface area contributed by atoms with E-state index in [0.29, 0.717) is 17.5 Å². The molecule has 1 fully saturated rings. The van der Waals surface area contributed by atoms with E-state index in [9.17, 15) is 8.42 Å². The summed E-state index contributed by atoms with van der Waals surface area (Å²) >= 11 is 0. The Balaban J connectivity index is 1.66. The van der Waals surface area contributed by atoms with Crippen LogP contribution in [-0.4, -0.2) is 53.0 Å². The van der Waals surface area contributed by atoms with Crippen molar-refractivity contribution in [2.24, 2.45) is 0 Å². The van der Waals surface area contributed by atoms with Crippen LogP contribution in [-0.2, 0) is 16.4 Å². The van der Waals surface area contributed by atoms with Crippen LogP contribution in [0.5, 0.6) is 0 Å². The van der Waals surface area contributed by atoms with Gasteiger partial charge in [-0.05, 0) is 50.4 Å². The third-order valence-electron chi connectivity index (χ3n) is 4.69. The van der Waals surface area contributed by atoms with Crippen LogP contribution in [0, 0.1) is 13.8 Å². The van der Waals surface area contributed by atoms with Crippen molar-refractivity contribution in [1.82, 2.24) is 19.7 Å². The van der Waals surface area contributed by atoms with E-state index in [4.69, 9.17) is 0 Å². The highest BCUT2D eigenvalue weighted by atomic mass is 32.2. The minimum Gasteiger partial charge on any atom is -0.298 e. The average molecular weight is 348 g/mol. The summed E-state index contributed by atoms with van der Waals surface area (Å²) in [5, 5.41) is 4.15. The van der Waals surface area contributed by atoms with Crippen molar-refractivity contribution in [2.75, 3.05) is 18.8 Å². The fourth-order valence-electron chi connectivity index (χ4n) is 3.33. The monoisotopic (exact) mass is 348 g/mol. The van der Waals surface area contributed by atoms with Crippen LogP contribution >= 0.6 is 0 Å². The zero-order chi connectivity index (χ0) is 17.2. The van der Waals surface area contributed by atoms with Crippen molar-refractivity contribution in [3.63, 3.8) is 0 Å². The van der Waals surface area contributed by atoms with Gasteiger partial charge in [-0.2, -0.15) is 5.10 Å². The fraction of sp³-hybridized carbons (Fsp3) is 0.529. The van der Waals surface area contributed by atoms with Gasteiger partial charge in [0.2, 0.25) is 0 Å². The molecule has 24 heavy (non-hydrogen) atoms. The van der Waals surface area contributed by atoms with Crippen molar-refractivity contribution >= 4 is 9.84 Å². The lowest BCUT2D eigenvalue weighted by Crippen LogP contribution is -2.36. The maximum absolute atomic E-state index is 12.7. The Hall–Kier alpha value is -1.73. The van der Waals surface area contributed by atoms with Crippen molar-refractivity contribution in [1.29, 1.82) is 0 Å². The lowest BCUT2D eigenvalue weighted by atomic mass is 10.2. The van der Waals surface area contributed by atoms with E-state index in [0.717, 1.165) is 37.1 Å². The van der Waals surface area contributed by atoms with Gasteiger partial charge in [0.25, 0.3) is 0 Å². The van der Waals surface area contributed by atoms with Gasteiger partial charge in [0.05, 0.1) is 17.2 Å². The molecule has 3 rings (SSSR count). The Morgan fingerprint density at radius 2 is 2.12 bits per heavy atom. The number of hydrogen-bond acceptors (Lipinski definition) is 5. The van der Waals surface area contributed by atoms with Gasteiger partial charge in [0.15, 0.2) is 9.84 Å². The minimum absolute atomic E-state index is 0.158. The van der Waals surface area contributed by atoms with Crippen molar-refractivity contribution in [3.8, 4) is 0 Å². The normalized spacial score (nSPS) is 19.0. The Morgan fingerprint density at radius 1 is 1.29 bits per heavy atom. The highest BCUT2D eigenvalue weighted by Crippen LogP contribution is 2.21. The highest BCUT2D eigenvalue weighted by molar-refractivity contribution is 7.91. The molecule has 0 saturated carbocycles. The molecule has 2 heterocycles. The van der Waals surface area contributed by atoms with Gasteiger partial charge < -0.3 is 0 Å². The third kappa shape index (κ3) is 3.84. The summed E-state index contributed by atoms with van der Waals surface area (Å²) < 4.78 is 27.3. The van der Waals surface area contributed by atoms with Crippen LogP contribution in [0.15, 0.2) is 35.7 Å². The number of likely N-dealkylation sites (tertiary alicyclic amines) is 1. The topological polar surface area (TPSA) is 68.1 Å². The summed E-state index contributed by atoms with van der Waals surface area (Å²) in [5.74, 6) is 0.158. The van der Waals surface area contributed by atoms with Gasteiger partial charge in [-0.3, -0.25) is 9.58 Å².